The van der Waals surface area contributed by atoms with Crippen LogP contribution in [0, 0.1) is 0 Å². The van der Waals surface area contributed by atoms with Gasteiger partial charge in [-0.25, -0.2) is 0 Å². The van der Waals surface area contributed by atoms with Crippen LogP contribution in [0.2, 0.25) is 0 Å². The number of hydrogen-bond donors (Lipinski definition) is 0. The van der Waals surface area contributed by atoms with Gasteiger partial charge in [-0.15, -0.1) is 0 Å². The SMILES string of the molecule is [Al+3].[Na+].[O-2].[OH-]. The van der Waals surface area contributed by atoms with Gasteiger partial charge in [0, 0.05) is 0 Å². The normalized spacial score (nSPS) is 0. The Balaban J connectivity index is 0. The standard InChI is InChI=1S/Al.Na.H2O.O/h;;1H2;/q+3;+1;;-2/p-1. The average molecular weight is 83.0 g/mol. The monoisotopic (exact) mass is 83.0 g/mol. The molecular weight excluding hydrogens is 82.0 g/mol. The number of hydrogen-bond acceptors (Lipinski definition) is 1. The molecule has 0 spiro atoms. The van der Waals surface area contributed by atoms with Gasteiger partial charge in [-0.1, -0.05) is 0 Å². The van der Waals surface area contributed by atoms with E-state index in [0.717, 1.165) is 0 Å². The van der Waals surface area contributed by atoms with Crippen LogP contribution in [0.4, 0.5) is 0 Å². The number of rotatable bonds is 0. The fourth-order valence-corrected chi connectivity index (χ4v) is 0. The van der Waals surface area contributed by atoms with Gasteiger partial charge in [0.1, 0.15) is 0 Å². The van der Waals surface area contributed by atoms with Gasteiger partial charge in [-0.05, 0) is 0 Å². The molecule has 0 bridgehead atoms. The summed E-state index contributed by atoms with van der Waals surface area (Å²) in [5.74, 6) is 0. The molecule has 0 aliphatic carbocycles. The van der Waals surface area contributed by atoms with E-state index >= 15 is 0 Å². The van der Waals surface area contributed by atoms with Crippen LogP contribution >= 0.6 is 0 Å². The molecule has 0 aromatic carbocycles. The van der Waals surface area contributed by atoms with Gasteiger partial charge in [-0.2, -0.15) is 0 Å². The molecule has 2 nitrogen and oxygen atoms in total. The van der Waals surface area contributed by atoms with Crippen molar-refractivity contribution >= 4 is 17.4 Å². The summed E-state index contributed by atoms with van der Waals surface area (Å²) >= 11 is 0. The molecule has 0 radical (unpaired) electrons. The zero-order chi connectivity index (χ0) is 0. The first kappa shape index (κ1) is 51.2. The molecule has 16 valence electrons. The Morgan fingerprint density at radius 1 is 1.00 bits per heavy atom. The smallest absolute Gasteiger partial charge is 2.00 e. The van der Waals surface area contributed by atoms with Gasteiger partial charge in [0.05, 0.1) is 0 Å². The van der Waals surface area contributed by atoms with Crippen molar-refractivity contribution < 1.29 is 40.5 Å². The van der Waals surface area contributed by atoms with Crippen molar-refractivity contribution in [3.05, 3.63) is 0 Å². The largest absolute Gasteiger partial charge is 3.00 e. The maximum Gasteiger partial charge on any atom is 3.00 e. The Hall–Kier alpha value is 1.45. The van der Waals surface area contributed by atoms with Crippen LogP contribution in [0.15, 0.2) is 0 Å². The van der Waals surface area contributed by atoms with E-state index in [4.69, 9.17) is 0 Å². The summed E-state index contributed by atoms with van der Waals surface area (Å²) in [7, 11) is 0. The fraction of sp³-hybridized carbons (Fsp3) is 0. The fourth-order valence-electron chi connectivity index (χ4n) is 0. The van der Waals surface area contributed by atoms with Crippen LogP contribution in [-0.4, -0.2) is 22.8 Å². The van der Waals surface area contributed by atoms with E-state index in [1.807, 2.05) is 0 Å². The molecular formula is HAlNaO2+. The molecule has 0 heterocycles. The minimum atomic E-state index is 0. The summed E-state index contributed by atoms with van der Waals surface area (Å²) in [5.41, 5.74) is 0. The minimum absolute atomic E-state index is 0. The summed E-state index contributed by atoms with van der Waals surface area (Å²) in [6, 6.07) is 0. The maximum atomic E-state index is 0. The Bertz CT molecular complexity index is 6.00. The van der Waals surface area contributed by atoms with E-state index in [1.165, 1.54) is 0 Å². The van der Waals surface area contributed by atoms with Gasteiger partial charge in [0.2, 0.25) is 0 Å². The first-order chi connectivity index (χ1) is 0. The van der Waals surface area contributed by atoms with Gasteiger partial charge < -0.3 is 11.0 Å². The third-order valence-corrected chi connectivity index (χ3v) is 0. The average Bonchev–Trinajstić information content (AvgIpc) is 0. The Morgan fingerprint density at radius 2 is 1.00 bits per heavy atom. The van der Waals surface area contributed by atoms with Crippen molar-refractivity contribution in [1.29, 1.82) is 0 Å². The van der Waals surface area contributed by atoms with E-state index in [-0.39, 0.29) is 57.9 Å². The summed E-state index contributed by atoms with van der Waals surface area (Å²) in [5, 5.41) is 0. The molecule has 0 saturated heterocycles. The first-order valence-corrected chi connectivity index (χ1v) is 0. The molecule has 0 atom stereocenters. The molecule has 4 heavy (non-hydrogen) atoms. The first-order valence-electron chi connectivity index (χ1n) is 0. The van der Waals surface area contributed by atoms with Crippen LogP contribution in [-0.2, 0) is 5.48 Å². The Labute approximate surface area is 57.6 Å². The predicted octanol–water partition coefficient (Wildman–Crippen LogP) is -3.67. The predicted molar refractivity (Wildman–Crippen MR) is 8.38 cm³/mol. The molecule has 0 rings (SSSR count). The molecule has 0 unspecified atom stereocenters. The molecule has 0 amide bonds. The van der Waals surface area contributed by atoms with E-state index < -0.39 is 0 Å². The summed E-state index contributed by atoms with van der Waals surface area (Å²) in [4.78, 5) is 0. The molecule has 0 aliphatic heterocycles. The van der Waals surface area contributed by atoms with Crippen molar-refractivity contribution in [3.63, 3.8) is 0 Å². The summed E-state index contributed by atoms with van der Waals surface area (Å²) < 4.78 is 0. The molecule has 0 saturated carbocycles. The molecule has 0 aromatic heterocycles. The molecule has 0 fully saturated rings. The van der Waals surface area contributed by atoms with E-state index in [0.29, 0.717) is 0 Å². The Kier molecular flexibility index (Phi) is 322. The molecule has 0 aromatic rings. The van der Waals surface area contributed by atoms with Gasteiger partial charge in [-0.3, -0.25) is 0 Å². The van der Waals surface area contributed by atoms with Crippen molar-refractivity contribution in [2.75, 3.05) is 0 Å². The molecule has 4 heteroatoms. The second kappa shape index (κ2) is 25.2. The van der Waals surface area contributed by atoms with Gasteiger partial charge in [0.25, 0.3) is 0 Å². The van der Waals surface area contributed by atoms with E-state index in [2.05, 4.69) is 0 Å². The van der Waals surface area contributed by atoms with Crippen molar-refractivity contribution in [2.45, 2.75) is 0 Å². The Morgan fingerprint density at radius 3 is 1.00 bits per heavy atom. The van der Waals surface area contributed by atoms with Crippen molar-refractivity contribution in [3.8, 4) is 0 Å². The van der Waals surface area contributed by atoms with E-state index in [9.17, 15) is 0 Å². The molecule has 1 N–H and O–H groups in total. The van der Waals surface area contributed by atoms with Gasteiger partial charge >= 0.3 is 46.9 Å². The zero-order valence-electron chi connectivity index (χ0n) is 2.43. The zero-order valence-corrected chi connectivity index (χ0v) is 5.59. The third kappa shape index (κ3) is 9.84. The second-order valence-electron chi connectivity index (χ2n) is 0. The van der Waals surface area contributed by atoms with Gasteiger partial charge in [0.15, 0.2) is 0 Å². The second-order valence-corrected chi connectivity index (χ2v) is 0. The van der Waals surface area contributed by atoms with Crippen LogP contribution in [0.5, 0.6) is 0 Å². The quantitative estimate of drug-likeness (QED) is 0.278. The summed E-state index contributed by atoms with van der Waals surface area (Å²) in [6.07, 6.45) is 0. The minimum Gasteiger partial charge on any atom is -2.00 e. The summed E-state index contributed by atoms with van der Waals surface area (Å²) in [6.45, 7) is 0. The topological polar surface area (TPSA) is 58.5 Å². The van der Waals surface area contributed by atoms with Crippen molar-refractivity contribution in [1.82, 2.24) is 0 Å². The molecule has 0 aliphatic rings. The maximum absolute atomic E-state index is 0. The van der Waals surface area contributed by atoms with Crippen LogP contribution in [0.3, 0.4) is 0 Å². The van der Waals surface area contributed by atoms with Crippen molar-refractivity contribution in [2.24, 2.45) is 0 Å². The van der Waals surface area contributed by atoms with Crippen LogP contribution in [0.25, 0.3) is 0 Å². The van der Waals surface area contributed by atoms with Crippen LogP contribution in [0.1, 0.15) is 0 Å². The van der Waals surface area contributed by atoms with Crippen LogP contribution < -0.4 is 29.6 Å². The van der Waals surface area contributed by atoms with E-state index in [1.54, 1.807) is 0 Å². The third-order valence-electron chi connectivity index (χ3n) is 0.